The third kappa shape index (κ3) is 1.71. The molecule has 1 aromatic rings. The molecule has 1 saturated heterocycles. The Morgan fingerprint density at radius 1 is 1.31 bits per heavy atom. The number of carboxylic acid groups (broad SMARTS) is 1. The van der Waals surface area contributed by atoms with E-state index in [1.54, 1.807) is 0 Å². The molecule has 1 fully saturated rings. The SMILES string of the molecule is Cc1ccccc1C1(C(=O)O)CCNCC1. The molecule has 0 aliphatic carbocycles. The Kier molecular flexibility index (Phi) is 2.97. The lowest BCUT2D eigenvalue weighted by molar-refractivity contribution is -0.145. The van der Waals surface area contributed by atoms with Gasteiger partial charge in [0.1, 0.15) is 0 Å². The van der Waals surface area contributed by atoms with E-state index in [2.05, 4.69) is 5.32 Å². The number of piperidine rings is 1. The first kappa shape index (κ1) is 11.1. The maximum atomic E-state index is 11.6. The van der Waals surface area contributed by atoms with Crippen molar-refractivity contribution in [1.82, 2.24) is 5.32 Å². The Hall–Kier alpha value is -1.35. The standard InChI is InChI=1S/C13H17NO2/c1-10-4-2-3-5-11(10)13(12(15)16)6-8-14-9-7-13/h2-5,14H,6-9H2,1H3,(H,15,16). The second-order valence-electron chi connectivity index (χ2n) is 4.45. The van der Waals surface area contributed by atoms with E-state index in [1.165, 1.54) is 0 Å². The van der Waals surface area contributed by atoms with Crippen LogP contribution in [0.25, 0.3) is 0 Å². The maximum Gasteiger partial charge on any atom is 0.314 e. The van der Waals surface area contributed by atoms with Crippen molar-refractivity contribution in [3.05, 3.63) is 35.4 Å². The van der Waals surface area contributed by atoms with E-state index < -0.39 is 11.4 Å². The molecule has 1 aromatic carbocycles. The summed E-state index contributed by atoms with van der Waals surface area (Å²) in [6.07, 6.45) is 1.35. The lowest BCUT2D eigenvalue weighted by Gasteiger charge is -2.35. The zero-order valence-electron chi connectivity index (χ0n) is 9.49. The predicted octanol–water partition coefficient (Wildman–Crippen LogP) is 1.70. The van der Waals surface area contributed by atoms with Crippen molar-refractivity contribution in [3.8, 4) is 0 Å². The summed E-state index contributed by atoms with van der Waals surface area (Å²) in [5.74, 6) is -0.691. The van der Waals surface area contributed by atoms with Gasteiger partial charge in [0.15, 0.2) is 0 Å². The van der Waals surface area contributed by atoms with Crippen LogP contribution in [0, 0.1) is 6.92 Å². The topological polar surface area (TPSA) is 49.3 Å². The van der Waals surface area contributed by atoms with Gasteiger partial charge in [-0.25, -0.2) is 0 Å². The first-order chi connectivity index (χ1) is 7.67. The summed E-state index contributed by atoms with van der Waals surface area (Å²) in [4.78, 5) is 11.6. The van der Waals surface area contributed by atoms with Crippen LogP contribution in [0.15, 0.2) is 24.3 Å². The van der Waals surface area contributed by atoms with Crippen LogP contribution in [-0.4, -0.2) is 24.2 Å². The summed E-state index contributed by atoms with van der Waals surface area (Å²) >= 11 is 0. The zero-order chi connectivity index (χ0) is 11.6. The molecule has 3 nitrogen and oxygen atoms in total. The first-order valence-electron chi connectivity index (χ1n) is 5.67. The third-order valence-corrected chi connectivity index (χ3v) is 3.53. The molecule has 0 atom stereocenters. The molecule has 1 heterocycles. The van der Waals surface area contributed by atoms with Gasteiger partial charge in [0.05, 0.1) is 5.41 Å². The van der Waals surface area contributed by atoms with Gasteiger partial charge in [0, 0.05) is 0 Å². The average molecular weight is 219 g/mol. The van der Waals surface area contributed by atoms with Gasteiger partial charge in [-0.05, 0) is 44.0 Å². The van der Waals surface area contributed by atoms with Gasteiger partial charge in [-0.1, -0.05) is 24.3 Å². The Labute approximate surface area is 95.5 Å². The third-order valence-electron chi connectivity index (χ3n) is 3.53. The van der Waals surface area contributed by atoms with Gasteiger partial charge in [0.2, 0.25) is 0 Å². The highest BCUT2D eigenvalue weighted by atomic mass is 16.4. The fourth-order valence-corrected chi connectivity index (χ4v) is 2.56. The molecule has 0 spiro atoms. The van der Waals surface area contributed by atoms with Crippen molar-refractivity contribution in [2.75, 3.05) is 13.1 Å². The molecule has 0 unspecified atom stereocenters. The molecule has 0 saturated carbocycles. The van der Waals surface area contributed by atoms with E-state index >= 15 is 0 Å². The number of carboxylic acids is 1. The Balaban J connectivity index is 2.47. The first-order valence-corrected chi connectivity index (χ1v) is 5.67. The highest BCUT2D eigenvalue weighted by molar-refractivity contribution is 5.82. The van der Waals surface area contributed by atoms with E-state index in [4.69, 9.17) is 0 Å². The molecule has 16 heavy (non-hydrogen) atoms. The lowest BCUT2D eigenvalue weighted by Crippen LogP contribution is -2.45. The second-order valence-corrected chi connectivity index (χ2v) is 4.45. The molecule has 2 rings (SSSR count). The summed E-state index contributed by atoms with van der Waals surface area (Å²) < 4.78 is 0. The largest absolute Gasteiger partial charge is 0.481 e. The number of aliphatic carboxylic acids is 1. The molecule has 0 radical (unpaired) electrons. The lowest BCUT2D eigenvalue weighted by atomic mass is 9.72. The van der Waals surface area contributed by atoms with Gasteiger partial charge in [-0.2, -0.15) is 0 Å². The molecule has 1 aliphatic heterocycles. The van der Waals surface area contributed by atoms with Crippen molar-refractivity contribution in [3.63, 3.8) is 0 Å². The summed E-state index contributed by atoms with van der Waals surface area (Å²) in [5, 5.41) is 12.8. The normalized spacial score (nSPS) is 19.3. The minimum atomic E-state index is -0.691. The van der Waals surface area contributed by atoms with E-state index in [0.717, 1.165) is 24.2 Å². The predicted molar refractivity (Wildman–Crippen MR) is 62.6 cm³/mol. The van der Waals surface area contributed by atoms with Crippen LogP contribution in [0.3, 0.4) is 0 Å². The highest BCUT2D eigenvalue weighted by Gasteiger charge is 2.41. The van der Waals surface area contributed by atoms with Crippen LogP contribution in [0.5, 0.6) is 0 Å². The number of benzene rings is 1. The van der Waals surface area contributed by atoms with Crippen LogP contribution < -0.4 is 5.32 Å². The maximum absolute atomic E-state index is 11.6. The van der Waals surface area contributed by atoms with Gasteiger partial charge in [-0.3, -0.25) is 4.79 Å². The van der Waals surface area contributed by atoms with Crippen molar-refractivity contribution < 1.29 is 9.90 Å². The fraction of sp³-hybridized carbons (Fsp3) is 0.462. The van der Waals surface area contributed by atoms with E-state index in [-0.39, 0.29) is 0 Å². The molecule has 86 valence electrons. The van der Waals surface area contributed by atoms with Crippen molar-refractivity contribution >= 4 is 5.97 Å². The number of rotatable bonds is 2. The monoisotopic (exact) mass is 219 g/mol. The molecular formula is C13H17NO2. The molecule has 1 aliphatic rings. The summed E-state index contributed by atoms with van der Waals surface area (Å²) in [6.45, 7) is 3.54. The zero-order valence-corrected chi connectivity index (χ0v) is 9.49. The van der Waals surface area contributed by atoms with E-state index in [1.807, 2.05) is 31.2 Å². The molecule has 2 N–H and O–H groups in total. The average Bonchev–Trinajstić information content (AvgIpc) is 2.30. The quantitative estimate of drug-likeness (QED) is 0.796. The Bertz CT molecular complexity index is 395. The van der Waals surface area contributed by atoms with Crippen molar-refractivity contribution in [1.29, 1.82) is 0 Å². The highest BCUT2D eigenvalue weighted by Crippen LogP contribution is 2.35. The van der Waals surface area contributed by atoms with Crippen LogP contribution >= 0.6 is 0 Å². The number of nitrogens with one attached hydrogen (secondary N) is 1. The second kappa shape index (κ2) is 4.26. The van der Waals surface area contributed by atoms with Crippen molar-refractivity contribution in [2.45, 2.75) is 25.2 Å². The fourth-order valence-electron chi connectivity index (χ4n) is 2.56. The number of carbonyl (C=O) groups is 1. The summed E-state index contributed by atoms with van der Waals surface area (Å²) in [5.41, 5.74) is 1.37. The van der Waals surface area contributed by atoms with Crippen LogP contribution in [0.4, 0.5) is 0 Å². The van der Waals surface area contributed by atoms with Gasteiger partial charge in [-0.15, -0.1) is 0 Å². The molecule has 3 heteroatoms. The summed E-state index contributed by atoms with van der Waals surface area (Å²) in [6, 6.07) is 7.82. The number of hydrogen-bond acceptors (Lipinski definition) is 2. The van der Waals surface area contributed by atoms with Crippen molar-refractivity contribution in [2.24, 2.45) is 0 Å². The molecular weight excluding hydrogens is 202 g/mol. The van der Waals surface area contributed by atoms with E-state index in [0.29, 0.717) is 12.8 Å². The Morgan fingerprint density at radius 3 is 2.50 bits per heavy atom. The minimum Gasteiger partial charge on any atom is -0.481 e. The van der Waals surface area contributed by atoms with Crippen LogP contribution in [0.1, 0.15) is 24.0 Å². The Morgan fingerprint density at radius 2 is 1.94 bits per heavy atom. The molecule has 0 aromatic heterocycles. The van der Waals surface area contributed by atoms with Crippen LogP contribution in [-0.2, 0) is 10.2 Å². The molecule has 0 bridgehead atoms. The number of hydrogen-bond donors (Lipinski definition) is 2. The van der Waals surface area contributed by atoms with Gasteiger partial charge >= 0.3 is 5.97 Å². The number of aryl methyl sites for hydroxylation is 1. The van der Waals surface area contributed by atoms with Crippen LogP contribution in [0.2, 0.25) is 0 Å². The molecule has 0 amide bonds. The van der Waals surface area contributed by atoms with E-state index in [9.17, 15) is 9.90 Å². The summed E-state index contributed by atoms with van der Waals surface area (Å²) in [7, 11) is 0. The smallest absolute Gasteiger partial charge is 0.314 e. The van der Waals surface area contributed by atoms with Gasteiger partial charge < -0.3 is 10.4 Å². The van der Waals surface area contributed by atoms with Gasteiger partial charge in [0.25, 0.3) is 0 Å². The minimum absolute atomic E-state index is 0.674.